The van der Waals surface area contributed by atoms with Crippen molar-refractivity contribution in [2.45, 2.75) is 70.6 Å². The quantitative estimate of drug-likeness (QED) is 0.432. The molecule has 3 aromatic heterocycles. The molecule has 11 heteroatoms. The van der Waals surface area contributed by atoms with E-state index in [0.717, 1.165) is 42.9 Å². The fraction of sp³-hybridized carbons (Fsp3) is 0.478. The Hall–Kier alpha value is -3.11. The molecule has 6 nitrogen and oxygen atoms in total. The van der Waals surface area contributed by atoms with Gasteiger partial charge >= 0.3 is 6.18 Å². The average molecular weight is 481 g/mol. The van der Waals surface area contributed by atoms with Gasteiger partial charge in [-0.3, -0.25) is 14.5 Å². The Kier molecular flexibility index (Phi) is 6.81. The van der Waals surface area contributed by atoms with E-state index in [0.29, 0.717) is 12.1 Å². The van der Waals surface area contributed by atoms with E-state index in [1.165, 1.54) is 29.2 Å². The van der Waals surface area contributed by atoms with Gasteiger partial charge in [0.05, 0.1) is 23.5 Å². The smallest absolute Gasteiger partial charge is 0.272 e. The van der Waals surface area contributed by atoms with Crippen molar-refractivity contribution in [2.75, 3.05) is 0 Å². The summed E-state index contributed by atoms with van der Waals surface area (Å²) < 4.78 is 70.2. The summed E-state index contributed by atoms with van der Waals surface area (Å²) in [6.45, 7) is 1.55. The van der Waals surface area contributed by atoms with E-state index in [9.17, 15) is 26.7 Å². The van der Waals surface area contributed by atoms with Gasteiger partial charge in [-0.05, 0) is 43.9 Å². The standard InChI is InChI=1S/C23H24F5N5O/c1-2-32-12-16(20(31-32)21(24)25)18-11-15(14-7-4-3-5-8-14)22(34)33(30-18)13-19-17(23(26,27)28)9-6-10-29-19/h6,9-12,14,21H,2-5,7-8,13H2,1H3. The summed E-state index contributed by atoms with van der Waals surface area (Å²) >= 11 is 0. The summed E-state index contributed by atoms with van der Waals surface area (Å²) in [7, 11) is 0. The van der Waals surface area contributed by atoms with Crippen LogP contribution in [0.2, 0.25) is 0 Å². The Bertz CT molecular complexity index is 1210. The van der Waals surface area contributed by atoms with Gasteiger partial charge in [0.25, 0.3) is 12.0 Å². The number of hydrogen-bond donors (Lipinski definition) is 0. The highest BCUT2D eigenvalue weighted by Crippen LogP contribution is 2.35. The molecule has 0 bridgehead atoms. The molecule has 0 N–H and O–H groups in total. The third-order valence-electron chi connectivity index (χ3n) is 6.14. The molecule has 4 rings (SSSR count). The molecule has 0 radical (unpaired) electrons. The second-order valence-electron chi connectivity index (χ2n) is 8.36. The Labute approximate surface area is 192 Å². The lowest BCUT2D eigenvalue weighted by molar-refractivity contribution is -0.138. The average Bonchev–Trinajstić information content (AvgIpc) is 3.26. The summed E-state index contributed by atoms with van der Waals surface area (Å²) in [4.78, 5) is 17.2. The van der Waals surface area contributed by atoms with E-state index in [1.54, 1.807) is 6.92 Å². The van der Waals surface area contributed by atoms with Crippen LogP contribution in [0.25, 0.3) is 11.3 Å². The molecule has 1 aliphatic rings. The van der Waals surface area contributed by atoms with Crippen LogP contribution >= 0.6 is 0 Å². The van der Waals surface area contributed by atoms with Gasteiger partial charge in [-0.1, -0.05) is 19.3 Å². The largest absolute Gasteiger partial charge is 0.418 e. The van der Waals surface area contributed by atoms with Crippen molar-refractivity contribution < 1.29 is 22.0 Å². The first-order chi connectivity index (χ1) is 16.2. The van der Waals surface area contributed by atoms with E-state index >= 15 is 0 Å². The van der Waals surface area contributed by atoms with Crippen LogP contribution in [0, 0.1) is 0 Å². The molecule has 0 atom stereocenters. The first-order valence-corrected chi connectivity index (χ1v) is 11.2. The highest BCUT2D eigenvalue weighted by atomic mass is 19.4. The fourth-order valence-electron chi connectivity index (χ4n) is 4.43. The Morgan fingerprint density at radius 2 is 1.88 bits per heavy atom. The van der Waals surface area contributed by atoms with Gasteiger partial charge in [-0.2, -0.15) is 23.4 Å². The molecule has 0 unspecified atom stereocenters. The third-order valence-corrected chi connectivity index (χ3v) is 6.14. The van der Waals surface area contributed by atoms with E-state index in [1.807, 2.05) is 0 Å². The van der Waals surface area contributed by atoms with Crippen LogP contribution < -0.4 is 5.56 Å². The highest BCUT2D eigenvalue weighted by Gasteiger charge is 2.34. The zero-order valence-electron chi connectivity index (χ0n) is 18.5. The van der Waals surface area contributed by atoms with Crippen molar-refractivity contribution in [1.82, 2.24) is 24.5 Å². The van der Waals surface area contributed by atoms with Crippen LogP contribution in [0.1, 0.15) is 73.9 Å². The van der Waals surface area contributed by atoms with Crippen molar-refractivity contribution in [3.8, 4) is 11.3 Å². The van der Waals surface area contributed by atoms with Gasteiger partial charge in [0.2, 0.25) is 0 Å². The summed E-state index contributed by atoms with van der Waals surface area (Å²) in [6.07, 6.45) is -0.570. The SMILES string of the molecule is CCn1cc(-c2cc(C3CCCCC3)c(=O)n(Cc3ncccc3C(F)(F)F)n2)c(C(F)F)n1. The zero-order chi connectivity index (χ0) is 24.5. The molecule has 3 heterocycles. The first kappa shape index (κ1) is 24.0. The number of alkyl halides is 5. The predicted molar refractivity (Wildman–Crippen MR) is 115 cm³/mol. The summed E-state index contributed by atoms with van der Waals surface area (Å²) in [5.74, 6) is -0.115. The van der Waals surface area contributed by atoms with Gasteiger partial charge < -0.3 is 0 Å². The Morgan fingerprint density at radius 1 is 1.15 bits per heavy atom. The third kappa shape index (κ3) is 4.88. The van der Waals surface area contributed by atoms with Gasteiger partial charge in [0, 0.05) is 30.1 Å². The number of pyridine rings is 1. The number of aromatic nitrogens is 5. The minimum atomic E-state index is -4.66. The Morgan fingerprint density at radius 3 is 2.53 bits per heavy atom. The maximum Gasteiger partial charge on any atom is 0.418 e. The summed E-state index contributed by atoms with van der Waals surface area (Å²) in [6, 6.07) is 3.56. The number of hydrogen-bond acceptors (Lipinski definition) is 4. The fourth-order valence-corrected chi connectivity index (χ4v) is 4.43. The molecular weight excluding hydrogens is 457 g/mol. The molecular formula is C23H24F5N5O. The number of halogens is 5. The van der Waals surface area contributed by atoms with Gasteiger partial charge in [-0.25, -0.2) is 13.5 Å². The number of nitrogens with zero attached hydrogens (tertiary/aromatic N) is 5. The van der Waals surface area contributed by atoms with Crippen LogP contribution in [-0.4, -0.2) is 24.5 Å². The van der Waals surface area contributed by atoms with Crippen molar-refractivity contribution in [3.05, 3.63) is 63.5 Å². The molecule has 182 valence electrons. The maximum atomic E-state index is 13.7. The summed E-state index contributed by atoms with van der Waals surface area (Å²) in [5, 5.41) is 8.12. The van der Waals surface area contributed by atoms with Crippen LogP contribution in [0.4, 0.5) is 22.0 Å². The first-order valence-electron chi connectivity index (χ1n) is 11.2. The van der Waals surface area contributed by atoms with Crippen LogP contribution in [-0.2, 0) is 19.3 Å². The molecule has 0 spiro atoms. The van der Waals surface area contributed by atoms with Crippen molar-refractivity contribution >= 4 is 0 Å². The number of aryl methyl sites for hydroxylation is 1. The second kappa shape index (κ2) is 9.63. The van der Waals surface area contributed by atoms with Crippen molar-refractivity contribution in [2.24, 2.45) is 0 Å². The minimum Gasteiger partial charge on any atom is -0.272 e. The molecule has 1 aliphatic carbocycles. The lowest BCUT2D eigenvalue weighted by atomic mass is 9.84. The van der Waals surface area contributed by atoms with Gasteiger partial charge in [0.15, 0.2) is 0 Å². The molecule has 0 aromatic carbocycles. The molecule has 1 saturated carbocycles. The van der Waals surface area contributed by atoms with Crippen LogP contribution in [0.15, 0.2) is 35.4 Å². The van der Waals surface area contributed by atoms with Crippen molar-refractivity contribution in [3.63, 3.8) is 0 Å². The molecule has 34 heavy (non-hydrogen) atoms. The maximum absolute atomic E-state index is 13.7. The van der Waals surface area contributed by atoms with Gasteiger partial charge in [0.1, 0.15) is 5.69 Å². The summed E-state index contributed by atoms with van der Waals surface area (Å²) in [5.41, 5.74) is -1.84. The van der Waals surface area contributed by atoms with E-state index < -0.39 is 36.0 Å². The minimum absolute atomic E-state index is 0.0553. The van der Waals surface area contributed by atoms with E-state index in [4.69, 9.17) is 0 Å². The highest BCUT2D eigenvalue weighted by molar-refractivity contribution is 5.62. The van der Waals surface area contributed by atoms with Crippen LogP contribution in [0.5, 0.6) is 0 Å². The Balaban J connectivity index is 1.88. The molecule has 0 aliphatic heterocycles. The van der Waals surface area contributed by atoms with Crippen LogP contribution in [0.3, 0.4) is 0 Å². The van der Waals surface area contributed by atoms with Gasteiger partial charge in [-0.15, -0.1) is 0 Å². The molecule has 0 amide bonds. The monoisotopic (exact) mass is 481 g/mol. The van der Waals surface area contributed by atoms with Crippen molar-refractivity contribution in [1.29, 1.82) is 0 Å². The lowest BCUT2D eigenvalue weighted by Gasteiger charge is -2.22. The van der Waals surface area contributed by atoms with E-state index in [2.05, 4.69) is 15.2 Å². The predicted octanol–water partition coefficient (Wildman–Crippen LogP) is 5.57. The molecule has 3 aromatic rings. The zero-order valence-corrected chi connectivity index (χ0v) is 18.5. The lowest BCUT2D eigenvalue weighted by Crippen LogP contribution is -2.30. The topological polar surface area (TPSA) is 65.6 Å². The molecule has 0 saturated heterocycles. The van der Waals surface area contributed by atoms with E-state index in [-0.39, 0.29) is 22.9 Å². The second-order valence-corrected chi connectivity index (χ2v) is 8.36. The molecule has 1 fully saturated rings. The normalized spacial score (nSPS) is 15.3. The number of rotatable bonds is 6.